The first kappa shape index (κ1) is 10.7. The van der Waals surface area contributed by atoms with Gasteiger partial charge >= 0.3 is 0 Å². The summed E-state index contributed by atoms with van der Waals surface area (Å²) in [4.78, 5) is 0. The fraction of sp³-hybridized carbons (Fsp3) is 0.250. The topological polar surface area (TPSA) is 29.9 Å². The molecule has 0 fully saturated rings. The monoisotopic (exact) mass is 219 g/mol. The standard InChI is InChI=1S/C12H14FN3/c1-9-10(8-16(2)15-9)7-14-12-5-3-4-11(13)6-12/h3-6,8,14H,7H2,1-2H3. The molecule has 0 aliphatic carbocycles. The second kappa shape index (κ2) is 4.35. The molecule has 0 saturated carbocycles. The second-order valence-corrected chi connectivity index (χ2v) is 3.78. The molecule has 2 aromatic rings. The van der Waals surface area contributed by atoms with Gasteiger partial charge in [0.05, 0.1) is 5.69 Å². The number of hydrogen-bond acceptors (Lipinski definition) is 2. The largest absolute Gasteiger partial charge is 0.381 e. The van der Waals surface area contributed by atoms with E-state index in [4.69, 9.17) is 0 Å². The van der Waals surface area contributed by atoms with Crippen molar-refractivity contribution < 1.29 is 4.39 Å². The van der Waals surface area contributed by atoms with Gasteiger partial charge in [0.2, 0.25) is 0 Å². The highest BCUT2D eigenvalue weighted by atomic mass is 19.1. The first-order valence-electron chi connectivity index (χ1n) is 5.14. The van der Waals surface area contributed by atoms with Crippen LogP contribution in [0.5, 0.6) is 0 Å². The fourth-order valence-corrected chi connectivity index (χ4v) is 1.62. The Hall–Kier alpha value is -1.84. The van der Waals surface area contributed by atoms with Crippen molar-refractivity contribution in [3.05, 3.63) is 47.5 Å². The number of nitrogens with zero attached hydrogens (tertiary/aromatic N) is 2. The van der Waals surface area contributed by atoms with Gasteiger partial charge in [0.25, 0.3) is 0 Å². The Morgan fingerprint density at radius 2 is 2.25 bits per heavy atom. The quantitative estimate of drug-likeness (QED) is 0.859. The summed E-state index contributed by atoms with van der Waals surface area (Å²) in [7, 11) is 1.89. The normalized spacial score (nSPS) is 10.4. The summed E-state index contributed by atoms with van der Waals surface area (Å²) in [5, 5.41) is 7.41. The number of rotatable bonds is 3. The maximum atomic E-state index is 12.9. The highest BCUT2D eigenvalue weighted by Crippen LogP contribution is 2.12. The fourth-order valence-electron chi connectivity index (χ4n) is 1.62. The van der Waals surface area contributed by atoms with Crippen LogP contribution in [0.4, 0.5) is 10.1 Å². The number of aryl methyl sites for hydroxylation is 2. The molecule has 0 bridgehead atoms. The van der Waals surface area contributed by atoms with Crippen LogP contribution in [0.3, 0.4) is 0 Å². The zero-order valence-electron chi connectivity index (χ0n) is 9.37. The third kappa shape index (κ3) is 2.39. The summed E-state index contributed by atoms with van der Waals surface area (Å²) in [6.07, 6.45) is 1.96. The lowest BCUT2D eigenvalue weighted by atomic mass is 10.2. The van der Waals surface area contributed by atoms with E-state index in [1.807, 2.05) is 26.2 Å². The van der Waals surface area contributed by atoms with Crippen LogP contribution in [0.2, 0.25) is 0 Å². The van der Waals surface area contributed by atoms with E-state index in [9.17, 15) is 4.39 Å². The van der Waals surface area contributed by atoms with Gasteiger partial charge in [-0.25, -0.2) is 4.39 Å². The molecule has 0 aliphatic heterocycles. The minimum atomic E-state index is -0.229. The van der Waals surface area contributed by atoms with Crippen LogP contribution >= 0.6 is 0 Å². The van der Waals surface area contributed by atoms with Gasteiger partial charge in [-0.2, -0.15) is 5.10 Å². The van der Waals surface area contributed by atoms with E-state index in [1.165, 1.54) is 12.1 Å². The van der Waals surface area contributed by atoms with Gasteiger partial charge in [0, 0.05) is 31.0 Å². The summed E-state index contributed by atoms with van der Waals surface area (Å²) in [5.74, 6) is -0.229. The average molecular weight is 219 g/mol. The third-order valence-corrected chi connectivity index (χ3v) is 2.42. The molecule has 0 amide bonds. The maximum absolute atomic E-state index is 12.9. The molecular weight excluding hydrogens is 205 g/mol. The van der Waals surface area contributed by atoms with E-state index in [0.29, 0.717) is 6.54 Å². The number of hydrogen-bond donors (Lipinski definition) is 1. The minimum absolute atomic E-state index is 0.229. The van der Waals surface area contributed by atoms with Crippen molar-refractivity contribution in [1.29, 1.82) is 0 Å². The molecule has 0 spiro atoms. The van der Waals surface area contributed by atoms with Crippen LogP contribution in [0.15, 0.2) is 30.5 Å². The molecular formula is C12H14FN3. The molecule has 1 aromatic heterocycles. The lowest BCUT2D eigenvalue weighted by Gasteiger charge is -2.05. The maximum Gasteiger partial charge on any atom is 0.125 e. The van der Waals surface area contributed by atoms with E-state index in [0.717, 1.165) is 16.9 Å². The second-order valence-electron chi connectivity index (χ2n) is 3.78. The zero-order chi connectivity index (χ0) is 11.5. The molecule has 0 saturated heterocycles. The van der Waals surface area contributed by atoms with Crippen LogP contribution in [0.1, 0.15) is 11.3 Å². The van der Waals surface area contributed by atoms with E-state index in [1.54, 1.807) is 10.7 Å². The number of halogens is 1. The Morgan fingerprint density at radius 1 is 1.44 bits per heavy atom. The van der Waals surface area contributed by atoms with Gasteiger partial charge < -0.3 is 5.32 Å². The molecule has 1 N–H and O–H groups in total. The van der Waals surface area contributed by atoms with Crippen molar-refractivity contribution >= 4 is 5.69 Å². The van der Waals surface area contributed by atoms with Crippen LogP contribution in [-0.2, 0) is 13.6 Å². The molecule has 0 atom stereocenters. The van der Waals surface area contributed by atoms with E-state index < -0.39 is 0 Å². The number of benzene rings is 1. The van der Waals surface area contributed by atoms with Crippen molar-refractivity contribution in [2.75, 3.05) is 5.32 Å². The predicted molar refractivity (Wildman–Crippen MR) is 61.7 cm³/mol. The van der Waals surface area contributed by atoms with E-state index >= 15 is 0 Å². The van der Waals surface area contributed by atoms with Gasteiger partial charge in [-0.05, 0) is 25.1 Å². The Balaban J connectivity index is 2.05. The summed E-state index contributed by atoms with van der Waals surface area (Å²) >= 11 is 0. The van der Waals surface area contributed by atoms with E-state index in [-0.39, 0.29) is 5.82 Å². The molecule has 0 aliphatic rings. The molecule has 0 radical (unpaired) electrons. The van der Waals surface area contributed by atoms with Crippen LogP contribution in [0, 0.1) is 12.7 Å². The first-order chi connectivity index (χ1) is 7.65. The smallest absolute Gasteiger partial charge is 0.125 e. The van der Waals surface area contributed by atoms with Crippen molar-refractivity contribution in [2.24, 2.45) is 7.05 Å². The zero-order valence-corrected chi connectivity index (χ0v) is 9.37. The van der Waals surface area contributed by atoms with Crippen molar-refractivity contribution in [3.63, 3.8) is 0 Å². The third-order valence-electron chi connectivity index (χ3n) is 2.42. The molecule has 2 rings (SSSR count). The van der Waals surface area contributed by atoms with Gasteiger partial charge in [0.1, 0.15) is 5.82 Å². The minimum Gasteiger partial charge on any atom is -0.381 e. The summed E-state index contributed by atoms with van der Waals surface area (Å²) < 4.78 is 14.7. The molecule has 1 heterocycles. The van der Waals surface area contributed by atoms with Crippen LogP contribution in [-0.4, -0.2) is 9.78 Å². The molecule has 0 unspecified atom stereocenters. The molecule has 1 aromatic carbocycles. The molecule has 4 heteroatoms. The molecule has 84 valence electrons. The van der Waals surface area contributed by atoms with Gasteiger partial charge in [-0.3, -0.25) is 4.68 Å². The van der Waals surface area contributed by atoms with Gasteiger partial charge in [0.15, 0.2) is 0 Å². The number of aromatic nitrogens is 2. The SMILES string of the molecule is Cc1nn(C)cc1CNc1cccc(F)c1. The van der Waals surface area contributed by atoms with Crippen molar-refractivity contribution in [2.45, 2.75) is 13.5 Å². The summed E-state index contributed by atoms with van der Waals surface area (Å²) in [5.41, 5.74) is 2.89. The first-order valence-corrected chi connectivity index (χ1v) is 5.14. The summed E-state index contributed by atoms with van der Waals surface area (Å²) in [6.45, 7) is 2.62. The number of anilines is 1. The highest BCUT2D eigenvalue weighted by Gasteiger charge is 2.02. The Kier molecular flexibility index (Phi) is 2.90. The van der Waals surface area contributed by atoms with Gasteiger partial charge in [-0.1, -0.05) is 6.07 Å². The van der Waals surface area contributed by atoms with Crippen molar-refractivity contribution in [3.8, 4) is 0 Å². The van der Waals surface area contributed by atoms with E-state index in [2.05, 4.69) is 10.4 Å². The molecule has 16 heavy (non-hydrogen) atoms. The Morgan fingerprint density at radius 3 is 2.88 bits per heavy atom. The molecule has 3 nitrogen and oxygen atoms in total. The number of nitrogens with one attached hydrogen (secondary N) is 1. The Labute approximate surface area is 93.9 Å². The van der Waals surface area contributed by atoms with Crippen LogP contribution in [0.25, 0.3) is 0 Å². The van der Waals surface area contributed by atoms with Crippen molar-refractivity contribution in [1.82, 2.24) is 9.78 Å². The lowest BCUT2D eigenvalue weighted by molar-refractivity contribution is 0.628. The predicted octanol–water partition coefficient (Wildman–Crippen LogP) is 2.48. The average Bonchev–Trinajstić information content (AvgIpc) is 2.54. The van der Waals surface area contributed by atoms with Crippen LogP contribution < -0.4 is 5.32 Å². The highest BCUT2D eigenvalue weighted by molar-refractivity contribution is 5.43. The lowest BCUT2D eigenvalue weighted by Crippen LogP contribution is -1.99. The Bertz CT molecular complexity index is 491. The van der Waals surface area contributed by atoms with Gasteiger partial charge in [-0.15, -0.1) is 0 Å². The summed E-state index contributed by atoms with van der Waals surface area (Å²) in [6, 6.07) is 6.44.